The van der Waals surface area contributed by atoms with Crippen molar-refractivity contribution in [3.05, 3.63) is 29.3 Å². The Morgan fingerprint density at radius 3 is 2.50 bits per heavy atom. The number of carbonyl (C=O) groups excluding carboxylic acids is 1. The monoisotopic (exact) mass is 380 g/mol. The second-order valence-corrected chi connectivity index (χ2v) is 8.96. The van der Waals surface area contributed by atoms with E-state index < -0.39 is 10.0 Å². The van der Waals surface area contributed by atoms with E-state index >= 15 is 0 Å². The summed E-state index contributed by atoms with van der Waals surface area (Å²) < 4.78 is 32.5. The first-order chi connectivity index (χ1) is 12.4. The van der Waals surface area contributed by atoms with Crippen molar-refractivity contribution in [2.45, 2.75) is 50.5 Å². The van der Waals surface area contributed by atoms with Crippen LogP contribution in [0.25, 0.3) is 0 Å². The van der Waals surface area contributed by atoms with Gasteiger partial charge in [-0.05, 0) is 44.4 Å². The number of hydrogen-bond donors (Lipinski definition) is 0. The van der Waals surface area contributed by atoms with Crippen LogP contribution in [0.15, 0.2) is 23.1 Å². The fourth-order valence-corrected chi connectivity index (χ4v) is 5.30. The largest absolute Gasteiger partial charge is 0.379 e. The SMILES string of the molecule is CCN(C(=O)c1cc(S(=O)(=O)N2CCOCC2)ccc1C)C1CCCC1. The molecule has 6 nitrogen and oxygen atoms in total. The smallest absolute Gasteiger partial charge is 0.254 e. The van der Waals surface area contributed by atoms with Crippen molar-refractivity contribution < 1.29 is 17.9 Å². The zero-order valence-corrected chi connectivity index (χ0v) is 16.4. The number of benzene rings is 1. The summed E-state index contributed by atoms with van der Waals surface area (Å²) in [6, 6.07) is 5.16. The molecule has 2 fully saturated rings. The Morgan fingerprint density at radius 1 is 1.23 bits per heavy atom. The van der Waals surface area contributed by atoms with Crippen molar-refractivity contribution >= 4 is 15.9 Å². The molecule has 0 N–H and O–H groups in total. The Bertz CT molecular complexity index is 751. The van der Waals surface area contributed by atoms with Gasteiger partial charge in [-0.2, -0.15) is 4.31 Å². The molecule has 1 heterocycles. The first-order valence-electron chi connectivity index (χ1n) is 9.44. The van der Waals surface area contributed by atoms with Gasteiger partial charge in [-0.1, -0.05) is 18.9 Å². The van der Waals surface area contributed by atoms with Gasteiger partial charge in [0.1, 0.15) is 0 Å². The van der Waals surface area contributed by atoms with Crippen molar-refractivity contribution in [2.24, 2.45) is 0 Å². The van der Waals surface area contributed by atoms with E-state index in [1.807, 2.05) is 18.7 Å². The van der Waals surface area contributed by atoms with Crippen LogP contribution in [-0.2, 0) is 14.8 Å². The Labute approximate surface area is 156 Å². The maximum atomic E-state index is 13.1. The highest BCUT2D eigenvalue weighted by molar-refractivity contribution is 7.89. The molecule has 144 valence electrons. The molecule has 7 heteroatoms. The van der Waals surface area contributed by atoms with Crippen LogP contribution in [0.1, 0.15) is 48.5 Å². The molecular weight excluding hydrogens is 352 g/mol. The van der Waals surface area contributed by atoms with Gasteiger partial charge in [0.15, 0.2) is 0 Å². The van der Waals surface area contributed by atoms with E-state index in [0.717, 1.165) is 31.2 Å². The van der Waals surface area contributed by atoms with Gasteiger partial charge in [0.25, 0.3) is 5.91 Å². The molecule has 1 amide bonds. The Morgan fingerprint density at radius 2 is 1.88 bits per heavy atom. The third kappa shape index (κ3) is 3.80. The van der Waals surface area contributed by atoms with Crippen LogP contribution in [0.5, 0.6) is 0 Å². The minimum Gasteiger partial charge on any atom is -0.379 e. The van der Waals surface area contributed by atoms with E-state index in [1.165, 1.54) is 4.31 Å². The molecule has 1 saturated heterocycles. The molecule has 3 rings (SSSR count). The molecule has 0 unspecified atom stereocenters. The maximum Gasteiger partial charge on any atom is 0.254 e. The predicted octanol–water partition coefficient (Wildman–Crippen LogP) is 2.42. The minimum absolute atomic E-state index is 0.0593. The fraction of sp³-hybridized carbons (Fsp3) is 0.632. The molecule has 1 saturated carbocycles. The lowest BCUT2D eigenvalue weighted by molar-refractivity contribution is 0.0692. The van der Waals surface area contributed by atoms with Gasteiger partial charge in [0.05, 0.1) is 18.1 Å². The van der Waals surface area contributed by atoms with Gasteiger partial charge in [0.2, 0.25) is 10.0 Å². The molecule has 0 aromatic heterocycles. The molecule has 1 aromatic carbocycles. The zero-order valence-electron chi connectivity index (χ0n) is 15.6. The van der Waals surface area contributed by atoms with Crippen LogP contribution in [0.2, 0.25) is 0 Å². The summed E-state index contributed by atoms with van der Waals surface area (Å²) in [6.07, 6.45) is 4.37. The third-order valence-corrected chi connectivity index (χ3v) is 7.31. The van der Waals surface area contributed by atoms with Gasteiger partial charge < -0.3 is 9.64 Å². The first-order valence-corrected chi connectivity index (χ1v) is 10.9. The molecule has 26 heavy (non-hydrogen) atoms. The number of sulfonamides is 1. The molecule has 0 atom stereocenters. The molecule has 0 spiro atoms. The third-order valence-electron chi connectivity index (χ3n) is 5.41. The lowest BCUT2D eigenvalue weighted by atomic mass is 10.1. The van der Waals surface area contributed by atoms with Crippen LogP contribution >= 0.6 is 0 Å². The average molecular weight is 381 g/mol. The highest BCUT2D eigenvalue weighted by Gasteiger charge is 2.30. The number of morpholine rings is 1. The summed E-state index contributed by atoms with van der Waals surface area (Å²) in [6.45, 7) is 6.00. The zero-order chi connectivity index (χ0) is 18.7. The lowest BCUT2D eigenvalue weighted by Crippen LogP contribution is -2.41. The van der Waals surface area contributed by atoms with Crippen LogP contribution in [-0.4, -0.2) is 62.4 Å². The lowest BCUT2D eigenvalue weighted by Gasteiger charge is -2.29. The van der Waals surface area contributed by atoms with Crippen LogP contribution in [0.4, 0.5) is 0 Å². The van der Waals surface area contributed by atoms with Crippen molar-refractivity contribution in [1.82, 2.24) is 9.21 Å². The number of ether oxygens (including phenoxy) is 1. The number of amides is 1. The number of aryl methyl sites for hydroxylation is 1. The standard InChI is InChI=1S/C19H28N2O4S/c1-3-21(16-6-4-5-7-16)19(22)18-14-17(9-8-15(18)2)26(23,24)20-10-12-25-13-11-20/h8-9,14,16H,3-7,10-13H2,1-2H3. The first kappa shape index (κ1) is 19.3. The van der Waals surface area contributed by atoms with E-state index in [1.54, 1.807) is 18.2 Å². The van der Waals surface area contributed by atoms with Gasteiger partial charge in [-0.3, -0.25) is 4.79 Å². The summed E-state index contributed by atoms with van der Waals surface area (Å²) in [7, 11) is -3.60. The maximum absolute atomic E-state index is 13.1. The van der Waals surface area contributed by atoms with Gasteiger partial charge in [-0.25, -0.2) is 8.42 Å². The highest BCUT2D eigenvalue weighted by atomic mass is 32.2. The van der Waals surface area contributed by atoms with Crippen LogP contribution < -0.4 is 0 Å². The Balaban J connectivity index is 1.90. The van der Waals surface area contributed by atoms with Crippen molar-refractivity contribution in [3.8, 4) is 0 Å². The average Bonchev–Trinajstić information content (AvgIpc) is 3.17. The van der Waals surface area contributed by atoms with Crippen molar-refractivity contribution in [2.75, 3.05) is 32.8 Å². The summed E-state index contributed by atoms with van der Waals surface area (Å²) in [5, 5.41) is 0. The summed E-state index contributed by atoms with van der Waals surface area (Å²) in [5.74, 6) is -0.0593. The van der Waals surface area contributed by atoms with Crippen molar-refractivity contribution in [1.29, 1.82) is 0 Å². The van der Waals surface area contributed by atoms with Gasteiger partial charge >= 0.3 is 0 Å². The molecule has 2 aliphatic rings. The topological polar surface area (TPSA) is 66.9 Å². The number of hydrogen-bond acceptors (Lipinski definition) is 4. The predicted molar refractivity (Wildman–Crippen MR) is 99.7 cm³/mol. The fourth-order valence-electron chi connectivity index (χ4n) is 3.87. The summed E-state index contributed by atoms with van der Waals surface area (Å²) in [5.41, 5.74) is 1.31. The summed E-state index contributed by atoms with van der Waals surface area (Å²) in [4.78, 5) is 15.2. The van der Waals surface area contributed by atoms with Crippen molar-refractivity contribution in [3.63, 3.8) is 0 Å². The second kappa shape index (κ2) is 8.06. The molecule has 1 aliphatic heterocycles. The number of carbonyl (C=O) groups is 1. The van der Waals surface area contributed by atoms with E-state index in [9.17, 15) is 13.2 Å². The van der Waals surface area contributed by atoms with E-state index in [2.05, 4.69) is 0 Å². The van der Waals surface area contributed by atoms with Crippen LogP contribution in [0, 0.1) is 6.92 Å². The van der Waals surface area contributed by atoms with E-state index in [-0.39, 0.29) is 16.8 Å². The highest BCUT2D eigenvalue weighted by Crippen LogP contribution is 2.27. The second-order valence-electron chi connectivity index (χ2n) is 7.02. The molecule has 1 aromatic rings. The summed E-state index contributed by atoms with van der Waals surface area (Å²) >= 11 is 0. The minimum atomic E-state index is -3.60. The van der Waals surface area contributed by atoms with Gasteiger partial charge in [0, 0.05) is 31.2 Å². The molecular formula is C19H28N2O4S. The molecule has 0 radical (unpaired) electrons. The molecule has 1 aliphatic carbocycles. The number of rotatable bonds is 5. The Kier molecular flexibility index (Phi) is 5.99. The van der Waals surface area contributed by atoms with E-state index in [0.29, 0.717) is 38.4 Å². The number of nitrogens with zero attached hydrogens (tertiary/aromatic N) is 2. The van der Waals surface area contributed by atoms with Crippen LogP contribution in [0.3, 0.4) is 0 Å². The molecule has 0 bridgehead atoms. The quantitative estimate of drug-likeness (QED) is 0.787. The van der Waals surface area contributed by atoms with Gasteiger partial charge in [-0.15, -0.1) is 0 Å². The van der Waals surface area contributed by atoms with E-state index in [4.69, 9.17) is 4.74 Å². The normalized spacial score (nSPS) is 19.6. The Hall–Kier alpha value is -1.44.